The van der Waals surface area contributed by atoms with Crippen molar-refractivity contribution in [3.05, 3.63) is 0 Å². The summed E-state index contributed by atoms with van der Waals surface area (Å²) in [6.45, 7) is 0. The Morgan fingerprint density at radius 2 is 1.92 bits per heavy atom. The molecule has 3 N–H and O–H groups in total. The zero-order valence-electron chi connectivity index (χ0n) is 7.40. The molecule has 0 atom stereocenters. The maximum atomic E-state index is 10.7. The van der Waals surface area contributed by atoms with Gasteiger partial charge < -0.3 is 24.9 Å². The lowest BCUT2D eigenvalue weighted by molar-refractivity contribution is -0.0448. The van der Waals surface area contributed by atoms with Gasteiger partial charge in [-0.25, -0.2) is 9.59 Å². The molecule has 0 saturated heterocycles. The van der Waals surface area contributed by atoms with Gasteiger partial charge >= 0.3 is 12.2 Å². The molecule has 0 heterocycles. The molecule has 13 heavy (non-hydrogen) atoms. The van der Waals surface area contributed by atoms with E-state index in [2.05, 4.69) is 15.5 Å². The van der Waals surface area contributed by atoms with Gasteiger partial charge in [-0.05, 0) is 0 Å². The topological polar surface area (TPSA) is 99.9 Å². The van der Waals surface area contributed by atoms with Gasteiger partial charge in [0.15, 0.2) is 15.6 Å². The van der Waals surface area contributed by atoms with E-state index in [1.807, 2.05) is 0 Å². The quantitative estimate of drug-likeness (QED) is 0.331. The largest absolute Gasteiger partial charge is 0.413 e. The molecule has 0 spiro atoms. The van der Waals surface area contributed by atoms with E-state index in [0.29, 0.717) is 0 Å². The molecule has 7 nitrogen and oxygen atoms in total. The van der Waals surface area contributed by atoms with E-state index < -0.39 is 27.8 Å². The Labute approximate surface area is 77.4 Å². The van der Waals surface area contributed by atoms with E-state index in [-0.39, 0.29) is 0 Å². The molecule has 0 radical (unpaired) electrons. The van der Waals surface area contributed by atoms with E-state index in [4.69, 9.17) is 9.47 Å². The first-order valence-electron chi connectivity index (χ1n) is 3.40. The Kier molecular flexibility index (Phi) is 5.85. The minimum absolute atomic E-state index is 0.444. The van der Waals surface area contributed by atoms with Gasteiger partial charge in [0.05, 0.1) is 0 Å². The molecule has 0 aliphatic rings. The molecule has 0 aromatic rings. The summed E-state index contributed by atoms with van der Waals surface area (Å²) in [5.41, 5.74) is 4.60. The molecular formula is C5H12N2O5Si. The SMILES string of the molecule is COC(OC)[SiH2]NC(=O)OC(N)=O. The van der Waals surface area contributed by atoms with Crippen molar-refractivity contribution in [3.63, 3.8) is 0 Å². The molecule has 8 heteroatoms. The Hall–Kier alpha value is -1.12. The van der Waals surface area contributed by atoms with Gasteiger partial charge in [0, 0.05) is 14.2 Å². The van der Waals surface area contributed by atoms with Crippen molar-refractivity contribution < 1.29 is 23.8 Å². The summed E-state index contributed by atoms with van der Waals surface area (Å²) >= 11 is 0. The van der Waals surface area contributed by atoms with Gasteiger partial charge in [-0.15, -0.1) is 0 Å². The predicted octanol–water partition coefficient (Wildman–Crippen LogP) is -1.55. The molecule has 76 valence electrons. The summed E-state index contributed by atoms with van der Waals surface area (Å²) in [5, 5.41) is 0. The summed E-state index contributed by atoms with van der Waals surface area (Å²) in [6.07, 6.45) is -2.02. The van der Waals surface area contributed by atoms with E-state index >= 15 is 0 Å². The lowest BCUT2D eigenvalue weighted by Gasteiger charge is -2.12. The Bertz CT molecular complexity index is 184. The van der Waals surface area contributed by atoms with Gasteiger partial charge in [-0.2, -0.15) is 0 Å². The second kappa shape index (κ2) is 6.40. The van der Waals surface area contributed by atoms with Crippen LogP contribution in [0.15, 0.2) is 0 Å². The van der Waals surface area contributed by atoms with Gasteiger partial charge in [0.2, 0.25) is 0 Å². The molecule has 0 fully saturated rings. The highest BCUT2D eigenvalue weighted by atomic mass is 28.2. The zero-order valence-corrected chi connectivity index (χ0v) is 8.82. The second-order valence-electron chi connectivity index (χ2n) is 1.99. The van der Waals surface area contributed by atoms with Crippen molar-refractivity contribution in [3.8, 4) is 0 Å². The number of hydrogen-bond acceptors (Lipinski definition) is 5. The Morgan fingerprint density at radius 1 is 1.38 bits per heavy atom. The molecule has 0 unspecified atom stereocenters. The van der Waals surface area contributed by atoms with Crippen LogP contribution in [0.4, 0.5) is 9.59 Å². The van der Waals surface area contributed by atoms with Crippen LogP contribution in [0.25, 0.3) is 0 Å². The molecule has 2 amide bonds. The third kappa shape index (κ3) is 6.08. The highest BCUT2D eigenvalue weighted by Crippen LogP contribution is 1.85. The van der Waals surface area contributed by atoms with Crippen LogP contribution in [0.3, 0.4) is 0 Å². The standard InChI is InChI=1S/C5H12N2O5Si/c1-10-5(11-2)13-7-4(9)12-3(6)8/h5H,13H2,1-2H3,(H2,6,8)(H,7,9). The highest BCUT2D eigenvalue weighted by Gasteiger charge is 2.10. The highest BCUT2D eigenvalue weighted by molar-refractivity contribution is 6.37. The van der Waals surface area contributed by atoms with Crippen LogP contribution in [0.1, 0.15) is 0 Å². The maximum Gasteiger partial charge on any atom is 0.413 e. The smallest absolute Gasteiger partial charge is 0.360 e. The number of nitrogens with two attached hydrogens (primary N) is 1. The van der Waals surface area contributed by atoms with E-state index in [1.54, 1.807) is 0 Å². The zero-order chi connectivity index (χ0) is 10.3. The average molecular weight is 208 g/mol. The van der Waals surface area contributed by atoms with Crippen LogP contribution in [0.2, 0.25) is 0 Å². The first kappa shape index (κ1) is 11.9. The summed E-state index contributed by atoms with van der Waals surface area (Å²) in [7, 11) is 1.75. The fourth-order valence-electron chi connectivity index (χ4n) is 0.557. The average Bonchev–Trinajstić information content (AvgIpc) is 2.05. The number of amides is 2. The molecule has 0 aromatic carbocycles. The lowest BCUT2D eigenvalue weighted by atomic mass is 11.1. The van der Waals surface area contributed by atoms with Crippen molar-refractivity contribution in [1.82, 2.24) is 4.98 Å². The summed E-state index contributed by atoms with van der Waals surface area (Å²) < 4.78 is 13.6. The number of primary amides is 1. The normalized spacial score (nSPS) is 10.7. The van der Waals surface area contributed by atoms with Crippen LogP contribution >= 0.6 is 0 Å². The molecule has 0 aliphatic heterocycles. The van der Waals surface area contributed by atoms with Gasteiger partial charge in [0.25, 0.3) is 0 Å². The van der Waals surface area contributed by atoms with Crippen molar-refractivity contribution in [2.45, 2.75) is 5.91 Å². The van der Waals surface area contributed by atoms with Gasteiger partial charge in [0.1, 0.15) is 0 Å². The van der Waals surface area contributed by atoms with Crippen LogP contribution < -0.4 is 10.7 Å². The molecule has 0 aliphatic carbocycles. The fraction of sp³-hybridized carbons (Fsp3) is 0.600. The number of carbonyl (C=O) groups is 2. The summed E-state index contributed by atoms with van der Waals surface area (Å²) in [4.78, 5) is 23.1. The van der Waals surface area contributed by atoms with Crippen LogP contribution in [0, 0.1) is 0 Å². The number of rotatable bonds is 4. The minimum Gasteiger partial charge on any atom is -0.360 e. The first-order chi connectivity index (χ1) is 6.10. The number of nitrogens with one attached hydrogen (secondary N) is 1. The number of ether oxygens (including phenoxy) is 3. The van der Waals surface area contributed by atoms with E-state index in [9.17, 15) is 9.59 Å². The Balaban J connectivity index is 3.62. The predicted molar refractivity (Wildman–Crippen MR) is 45.6 cm³/mol. The first-order valence-corrected chi connectivity index (χ1v) is 4.93. The maximum absolute atomic E-state index is 10.7. The van der Waals surface area contributed by atoms with Crippen molar-refractivity contribution in [1.29, 1.82) is 0 Å². The number of carbonyl (C=O) groups excluding carboxylic acids is 2. The lowest BCUT2D eigenvalue weighted by Crippen LogP contribution is -2.39. The Morgan fingerprint density at radius 3 is 2.31 bits per heavy atom. The summed E-state index contributed by atoms with van der Waals surface area (Å²) in [6, 6.07) is 0. The second-order valence-corrected chi connectivity index (χ2v) is 3.42. The van der Waals surface area contributed by atoms with Crippen molar-refractivity contribution in [2.24, 2.45) is 5.73 Å². The van der Waals surface area contributed by atoms with Gasteiger partial charge in [-0.1, -0.05) is 0 Å². The van der Waals surface area contributed by atoms with Crippen LogP contribution in [0.5, 0.6) is 0 Å². The van der Waals surface area contributed by atoms with Crippen molar-refractivity contribution >= 4 is 21.9 Å². The molecule has 0 bridgehead atoms. The summed E-state index contributed by atoms with van der Waals surface area (Å²) in [5.74, 6) is -0.444. The van der Waals surface area contributed by atoms with Gasteiger partial charge in [-0.3, -0.25) is 0 Å². The molecule has 0 saturated carbocycles. The molecule has 0 aromatic heterocycles. The third-order valence-electron chi connectivity index (χ3n) is 1.13. The number of methoxy groups -OCH3 is 2. The van der Waals surface area contributed by atoms with E-state index in [0.717, 1.165) is 0 Å². The molecule has 0 rings (SSSR count). The minimum atomic E-state index is -1.14. The van der Waals surface area contributed by atoms with Crippen LogP contribution in [-0.4, -0.2) is 42.0 Å². The monoisotopic (exact) mass is 208 g/mol. The van der Waals surface area contributed by atoms with Crippen molar-refractivity contribution in [2.75, 3.05) is 14.2 Å². The van der Waals surface area contributed by atoms with E-state index in [1.165, 1.54) is 14.2 Å². The fourth-order valence-corrected chi connectivity index (χ4v) is 1.30. The van der Waals surface area contributed by atoms with Crippen LogP contribution in [-0.2, 0) is 14.2 Å². The molecular weight excluding hydrogens is 196 g/mol. The third-order valence-corrected chi connectivity index (χ3v) is 2.62. The number of hydrogen-bond donors (Lipinski definition) is 2.